The van der Waals surface area contributed by atoms with E-state index in [-0.39, 0.29) is 0 Å². The highest BCUT2D eigenvalue weighted by Crippen LogP contribution is 2.42. The molecule has 8 aromatic carbocycles. The molecule has 0 unspecified atom stereocenters. The molecule has 0 saturated heterocycles. The van der Waals surface area contributed by atoms with E-state index >= 15 is 0 Å². The van der Waals surface area contributed by atoms with Gasteiger partial charge in [-0.1, -0.05) is 170 Å². The normalized spacial score (nSPS) is 11.3. The van der Waals surface area contributed by atoms with E-state index in [1.165, 1.54) is 0 Å². The standard InChI is InChI=1S/C50H33N5/c1-5-17-34(18-6-1)37-24-15-26-40(31-37)49-51-48(36-21-9-3-10-22-36)52-50(53-49)41-27-16-25-39(32-41)46-45-44(35-19-7-2-8-20-35)33-38-23-13-14-30-43(38)47(45)55(54-46)42-28-11-4-12-29-42/h1-33H. The van der Waals surface area contributed by atoms with Gasteiger partial charge in [-0.15, -0.1) is 0 Å². The molecule has 258 valence electrons. The summed E-state index contributed by atoms with van der Waals surface area (Å²) >= 11 is 0. The Morgan fingerprint density at radius 3 is 1.47 bits per heavy atom. The number of fused-ring (bicyclic) bond motifs is 3. The summed E-state index contributed by atoms with van der Waals surface area (Å²) in [4.78, 5) is 15.3. The summed E-state index contributed by atoms with van der Waals surface area (Å²) in [5.74, 6) is 1.83. The van der Waals surface area contributed by atoms with Crippen molar-refractivity contribution in [3.05, 3.63) is 200 Å². The number of aromatic nitrogens is 5. The second-order valence-electron chi connectivity index (χ2n) is 13.5. The van der Waals surface area contributed by atoms with Gasteiger partial charge in [-0.3, -0.25) is 0 Å². The molecule has 0 radical (unpaired) electrons. The van der Waals surface area contributed by atoms with Crippen LogP contribution in [0.4, 0.5) is 0 Å². The van der Waals surface area contributed by atoms with E-state index in [0.717, 1.165) is 77.6 Å². The third-order valence-electron chi connectivity index (χ3n) is 10.0. The van der Waals surface area contributed by atoms with Crippen LogP contribution in [-0.2, 0) is 0 Å². The Morgan fingerprint density at radius 2 is 0.818 bits per heavy atom. The molecule has 10 rings (SSSR count). The molecular formula is C50H33N5. The van der Waals surface area contributed by atoms with Crippen LogP contribution in [0, 0.1) is 0 Å². The minimum Gasteiger partial charge on any atom is -0.232 e. The lowest BCUT2D eigenvalue weighted by atomic mass is 9.93. The predicted molar refractivity (Wildman–Crippen MR) is 225 cm³/mol. The summed E-state index contributed by atoms with van der Waals surface area (Å²) < 4.78 is 2.10. The maximum Gasteiger partial charge on any atom is 0.164 e. The lowest BCUT2D eigenvalue weighted by Gasteiger charge is -2.11. The van der Waals surface area contributed by atoms with Gasteiger partial charge in [0.1, 0.15) is 5.69 Å². The lowest BCUT2D eigenvalue weighted by molar-refractivity contribution is 0.918. The number of benzene rings is 8. The summed E-state index contributed by atoms with van der Waals surface area (Å²) in [6.45, 7) is 0. The minimum absolute atomic E-state index is 0.594. The van der Waals surface area contributed by atoms with E-state index in [2.05, 4.69) is 162 Å². The summed E-state index contributed by atoms with van der Waals surface area (Å²) in [5, 5.41) is 8.82. The quantitative estimate of drug-likeness (QED) is 0.166. The van der Waals surface area contributed by atoms with Crippen LogP contribution in [0.5, 0.6) is 0 Å². The van der Waals surface area contributed by atoms with Crippen molar-refractivity contribution in [2.24, 2.45) is 0 Å². The first-order valence-corrected chi connectivity index (χ1v) is 18.4. The van der Waals surface area contributed by atoms with Crippen molar-refractivity contribution in [3.63, 3.8) is 0 Å². The van der Waals surface area contributed by atoms with Gasteiger partial charge in [0.2, 0.25) is 0 Å². The number of hydrogen-bond acceptors (Lipinski definition) is 4. The van der Waals surface area contributed by atoms with Crippen LogP contribution in [-0.4, -0.2) is 24.7 Å². The van der Waals surface area contributed by atoms with Gasteiger partial charge in [-0.05, 0) is 58.0 Å². The predicted octanol–water partition coefficient (Wildman–Crippen LogP) is 12.4. The zero-order valence-corrected chi connectivity index (χ0v) is 29.8. The summed E-state index contributed by atoms with van der Waals surface area (Å²) in [5.41, 5.74) is 11.2. The molecule has 0 atom stereocenters. The molecule has 0 fully saturated rings. The van der Waals surface area contributed by atoms with Crippen molar-refractivity contribution >= 4 is 21.7 Å². The van der Waals surface area contributed by atoms with Crippen molar-refractivity contribution in [2.75, 3.05) is 0 Å². The van der Waals surface area contributed by atoms with Crippen LogP contribution in [0.3, 0.4) is 0 Å². The summed E-state index contributed by atoms with van der Waals surface area (Å²) in [6.07, 6.45) is 0. The largest absolute Gasteiger partial charge is 0.232 e. The second kappa shape index (κ2) is 13.8. The fourth-order valence-corrected chi connectivity index (χ4v) is 7.42. The Bertz CT molecular complexity index is 2960. The average molecular weight is 704 g/mol. The highest BCUT2D eigenvalue weighted by atomic mass is 15.3. The van der Waals surface area contributed by atoms with Gasteiger partial charge in [-0.25, -0.2) is 19.6 Å². The van der Waals surface area contributed by atoms with Crippen LogP contribution in [0.15, 0.2) is 200 Å². The molecule has 2 heterocycles. The van der Waals surface area contributed by atoms with Crippen molar-refractivity contribution in [1.82, 2.24) is 24.7 Å². The molecule has 10 aromatic rings. The van der Waals surface area contributed by atoms with E-state index in [0.29, 0.717) is 17.5 Å². The molecular weight excluding hydrogens is 671 g/mol. The Morgan fingerprint density at radius 1 is 0.345 bits per heavy atom. The lowest BCUT2D eigenvalue weighted by Crippen LogP contribution is -2.00. The summed E-state index contributed by atoms with van der Waals surface area (Å²) in [7, 11) is 0. The van der Waals surface area contributed by atoms with Gasteiger partial charge in [0.15, 0.2) is 17.5 Å². The Hall–Kier alpha value is -7.50. The molecule has 2 aromatic heterocycles. The van der Waals surface area contributed by atoms with Crippen LogP contribution in [0.25, 0.3) is 95.0 Å². The summed E-state index contributed by atoms with van der Waals surface area (Å²) in [6, 6.07) is 69.2. The second-order valence-corrected chi connectivity index (χ2v) is 13.5. The van der Waals surface area contributed by atoms with Crippen molar-refractivity contribution < 1.29 is 0 Å². The van der Waals surface area contributed by atoms with E-state index in [4.69, 9.17) is 20.1 Å². The van der Waals surface area contributed by atoms with Crippen LogP contribution >= 0.6 is 0 Å². The molecule has 0 amide bonds. The van der Waals surface area contributed by atoms with Crippen molar-refractivity contribution in [1.29, 1.82) is 0 Å². The van der Waals surface area contributed by atoms with Gasteiger partial charge in [-0.2, -0.15) is 5.10 Å². The van der Waals surface area contributed by atoms with E-state index in [1.807, 2.05) is 42.5 Å². The molecule has 0 aliphatic carbocycles. The third kappa shape index (κ3) is 6.04. The molecule has 5 heteroatoms. The number of rotatable bonds is 7. The average Bonchev–Trinajstić information content (AvgIpc) is 3.69. The monoisotopic (exact) mass is 703 g/mol. The zero-order valence-electron chi connectivity index (χ0n) is 29.8. The molecule has 0 aliphatic rings. The van der Waals surface area contributed by atoms with Gasteiger partial charge < -0.3 is 0 Å². The Labute approximate surface area is 318 Å². The zero-order chi connectivity index (χ0) is 36.6. The van der Waals surface area contributed by atoms with Crippen molar-refractivity contribution in [2.45, 2.75) is 0 Å². The van der Waals surface area contributed by atoms with Gasteiger partial charge in [0, 0.05) is 33.0 Å². The maximum atomic E-state index is 5.43. The fourth-order valence-electron chi connectivity index (χ4n) is 7.42. The van der Waals surface area contributed by atoms with Gasteiger partial charge in [0.25, 0.3) is 0 Å². The van der Waals surface area contributed by atoms with E-state index in [1.54, 1.807) is 0 Å². The number of hydrogen-bond donors (Lipinski definition) is 0. The van der Waals surface area contributed by atoms with Crippen LogP contribution < -0.4 is 0 Å². The van der Waals surface area contributed by atoms with Crippen LogP contribution in [0.2, 0.25) is 0 Å². The Balaban J connectivity index is 1.19. The van der Waals surface area contributed by atoms with E-state index in [9.17, 15) is 0 Å². The molecule has 55 heavy (non-hydrogen) atoms. The SMILES string of the molecule is c1ccc(-c2cccc(-c3nc(-c4ccccc4)nc(-c4cccc(-c5nn(-c6ccccc6)c6c5c(-c5ccccc5)cc5ccccc56)c4)n3)c2)cc1. The highest BCUT2D eigenvalue weighted by Gasteiger charge is 2.22. The van der Waals surface area contributed by atoms with E-state index < -0.39 is 0 Å². The van der Waals surface area contributed by atoms with Crippen LogP contribution in [0.1, 0.15) is 0 Å². The highest BCUT2D eigenvalue weighted by molar-refractivity contribution is 6.17. The Kier molecular flexibility index (Phi) is 8.08. The topological polar surface area (TPSA) is 56.5 Å². The van der Waals surface area contributed by atoms with Gasteiger partial charge in [0.05, 0.1) is 11.2 Å². The maximum absolute atomic E-state index is 5.43. The first kappa shape index (κ1) is 32.2. The fraction of sp³-hybridized carbons (Fsp3) is 0. The smallest absolute Gasteiger partial charge is 0.164 e. The third-order valence-corrected chi connectivity index (χ3v) is 10.0. The molecule has 0 bridgehead atoms. The minimum atomic E-state index is 0.594. The van der Waals surface area contributed by atoms with Gasteiger partial charge >= 0.3 is 0 Å². The van der Waals surface area contributed by atoms with Crippen molar-refractivity contribution in [3.8, 4) is 73.4 Å². The molecule has 0 spiro atoms. The number of nitrogens with zero attached hydrogens (tertiary/aromatic N) is 5. The molecule has 5 nitrogen and oxygen atoms in total. The number of para-hydroxylation sites is 1. The first-order chi connectivity index (χ1) is 27.3. The first-order valence-electron chi connectivity index (χ1n) is 18.4. The molecule has 0 aliphatic heterocycles. The molecule has 0 N–H and O–H groups in total. The molecule has 0 saturated carbocycles.